The Hall–Kier alpha value is -5.25. The Morgan fingerprint density at radius 3 is 2.38 bits per heavy atom. The van der Waals surface area contributed by atoms with Crippen LogP contribution in [-0.2, 0) is 11.2 Å². The third-order valence-corrected chi connectivity index (χ3v) is 6.21. The summed E-state index contributed by atoms with van der Waals surface area (Å²) in [6.07, 6.45) is 2.03. The topological polar surface area (TPSA) is 101 Å². The molecule has 40 heavy (non-hydrogen) atoms. The number of fused-ring (bicyclic) bond motifs is 1. The van der Waals surface area contributed by atoms with E-state index >= 15 is 0 Å². The van der Waals surface area contributed by atoms with Gasteiger partial charge in [-0.05, 0) is 65.7 Å². The van der Waals surface area contributed by atoms with Crippen LogP contribution in [0.4, 0.5) is 21.7 Å². The van der Waals surface area contributed by atoms with Crippen molar-refractivity contribution >= 4 is 34.8 Å². The van der Waals surface area contributed by atoms with E-state index in [0.717, 1.165) is 16.7 Å². The van der Waals surface area contributed by atoms with E-state index in [1.165, 1.54) is 24.1 Å². The fourth-order valence-corrected chi connectivity index (χ4v) is 4.15. The molecule has 9 nitrogen and oxygen atoms in total. The minimum absolute atomic E-state index is 0.122. The van der Waals surface area contributed by atoms with Gasteiger partial charge in [0.15, 0.2) is 5.65 Å². The molecule has 0 spiro atoms. The molecular formula is C30H27FN6O3. The summed E-state index contributed by atoms with van der Waals surface area (Å²) in [4.78, 5) is 30.7. The summed E-state index contributed by atoms with van der Waals surface area (Å²) in [6, 6.07) is 22.3. The number of carbonyl (C=O) groups is 2. The molecule has 202 valence electrons. The van der Waals surface area contributed by atoms with Crippen molar-refractivity contribution in [3.8, 4) is 16.9 Å². The van der Waals surface area contributed by atoms with E-state index in [-0.39, 0.29) is 24.1 Å². The van der Waals surface area contributed by atoms with Crippen LogP contribution < -0.4 is 15.4 Å². The number of methoxy groups -OCH3 is 1. The van der Waals surface area contributed by atoms with Crippen molar-refractivity contribution in [2.75, 3.05) is 31.8 Å². The van der Waals surface area contributed by atoms with Crippen LogP contribution >= 0.6 is 0 Å². The maximum absolute atomic E-state index is 13.1. The second kappa shape index (κ2) is 11.2. The number of benzene rings is 3. The number of ether oxygens (including phenoxy) is 1. The highest BCUT2D eigenvalue weighted by atomic mass is 19.1. The minimum Gasteiger partial charge on any atom is -0.495 e. The first-order valence-corrected chi connectivity index (χ1v) is 12.5. The van der Waals surface area contributed by atoms with Gasteiger partial charge in [-0.3, -0.25) is 9.59 Å². The Balaban J connectivity index is 1.28. The fraction of sp³-hybridized carbons (Fsp3) is 0.133. The number of nitrogens with one attached hydrogen (secondary N) is 2. The fourth-order valence-electron chi connectivity index (χ4n) is 4.15. The van der Waals surface area contributed by atoms with Crippen LogP contribution in [0.15, 0.2) is 85.1 Å². The van der Waals surface area contributed by atoms with Gasteiger partial charge in [0.2, 0.25) is 11.9 Å². The third-order valence-electron chi connectivity index (χ3n) is 6.21. The summed E-state index contributed by atoms with van der Waals surface area (Å²) < 4.78 is 20.2. The second-order valence-corrected chi connectivity index (χ2v) is 9.32. The van der Waals surface area contributed by atoms with E-state index in [0.29, 0.717) is 34.3 Å². The van der Waals surface area contributed by atoms with E-state index in [1.807, 2.05) is 42.6 Å². The maximum atomic E-state index is 13.1. The SMILES string of the molecule is COc1cc(C(=O)N(C)C)ccc1Nc1nc2ccc(-c3ccc(NC(=O)Cc4ccc(F)cc4)cc3)cn2n1. The number of carbonyl (C=O) groups excluding carboxylic acids is 2. The van der Waals surface area contributed by atoms with Crippen molar-refractivity contribution in [1.82, 2.24) is 19.5 Å². The Morgan fingerprint density at radius 2 is 1.68 bits per heavy atom. The van der Waals surface area contributed by atoms with Crippen molar-refractivity contribution in [2.45, 2.75) is 6.42 Å². The van der Waals surface area contributed by atoms with Crippen LogP contribution in [0.5, 0.6) is 5.75 Å². The zero-order chi connectivity index (χ0) is 28.2. The summed E-state index contributed by atoms with van der Waals surface area (Å²) in [7, 11) is 4.93. The molecule has 10 heteroatoms. The lowest BCUT2D eigenvalue weighted by atomic mass is 10.1. The van der Waals surface area contributed by atoms with E-state index < -0.39 is 0 Å². The molecule has 0 atom stereocenters. The van der Waals surface area contributed by atoms with Gasteiger partial charge in [0, 0.05) is 37.1 Å². The highest BCUT2D eigenvalue weighted by molar-refractivity contribution is 5.95. The predicted octanol–water partition coefficient (Wildman–Crippen LogP) is 5.17. The lowest BCUT2D eigenvalue weighted by molar-refractivity contribution is -0.115. The first kappa shape index (κ1) is 26.4. The molecule has 0 bridgehead atoms. The van der Waals surface area contributed by atoms with Gasteiger partial charge in [0.1, 0.15) is 11.6 Å². The minimum atomic E-state index is -0.333. The third kappa shape index (κ3) is 5.91. The van der Waals surface area contributed by atoms with Crippen LogP contribution in [0.1, 0.15) is 15.9 Å². The number of hydrogen-bond donors (Lipinski definition) is 2. The van der Waals surface area contributed by atoms with E-state index in [9.17, 15) is 14.0 Å². The van der Waals surface area contributed by atoms with Gasteiger partial charge in [-0.2, -0.15) is 4.98 Å². The molecule has 0 aliphatic rings. The maximum Gasteiger partial charge on any atom is 0.253 e. The molecule has 0 aliphatic carbocycles. The Labute approximate surface area is 230 Å². The van der Waals surface area contributed by atoms with Gasteiger partial charge in [-0.25, -0.2) is 8.91 Å². The Bertz CT molecular complexity index is 1680. The summed E-state index contributed by atoms with van der Waals surface area (Å²) >= 11 is 0. The van der Waals surface area contributed by atoms with Gasteiger partial charge in [0.25, 0.3) is 5.91 Å². The number of nitrogens with zero attached hydrogens (tertiary/aromatic N) is 4. The van der Waals surface area contributed by atoms with Crippen molar-refractivity contribution in [3.05, 3.63) is 102 Å². The number of aromatic nitrogens is 3. The average Bonchev–Trinajstić information content (AvgIpc) is 3.36. The number of rotatable bonds is 8. The largest absolute Gasteiger partial charge is 0.495 e. The average molecular weight is 539 g/mol. The number of pyridine rings is 1. The zero-order valence-electron chi connectivity index (χ0n) is 22.2. The smallest absolute Gasteiger partial charge is 0.253 e. The summed E-state index contributed by atoms with van der Waals surface area (Å²) in [5.74, 6) is 0.238. The van der Waals surface area contributed by atoms with Crippen molar-refractivity contribution < 1.29 is 18.7 Å². The molecule has 5 aromatic rings. The van der Waals surface area contributed by atoms with Crippen LogP contribution in [-0.4, -0.2) is 52.5 Å². The lowest BCUT2D eigenvalue weighted by Gasteiger charge is -2.13. The van der Waals surface area contributed by atoms with E-state index in [1.54, 1.807) is 48.9 Å². The zero-order valence-corrected chi connectivity index (χ0v) is 22.2. The number of amides is 2. The second-order valence-electron chi connectivity index (χ2n) is 9.32. The molecule has 0 radical (unpaired) electrons. The molecule has 5 rings (SSSR count). The molecule has 2 aromatic heterocycles. The molecule has 0 fully saturated rings. The summed E-state index contributed by atoms with van der Waals surface area (Å²) in [6.45, 7) is 0. The van der Waals surface area contributed by atoms with Crippen LogP contribution in [0.2, 0.25) is 0 Å². The Morgan fingerprint density at radius 1 is 0.950 bits per heavy atom. The summed E-state index contributed by atoms with van der Waals surface area (Å²) in [5, 5.41) is 10.6. The van der Waals surface area contributed by atoms with Crippen LogP contribution in [0.25, 0.3) is 16.8 Å². The van der Waals surface area contributed by atoms with Gasteiger partial charge in [0.05, 0.1) is 19.2 Å². The molecule has 0 unspecified atom stereocenters. The standard InChI is InChI=1S/C30H27FN6O3/c1-36(2)29(39)21-8-14-25(26(17-21)40-3)33-30-34-27-15-9-22(18-37(27)35-30)20-6-12-24(13-7-20)32-28(38)16-19-4-10-23(31)11-5-19/h4-15,17-18H,16H2,1-3H3,(H,32,38)(H,33,35). The van der Waals surface area contributed by atoms with Crippen molar-refractivity contribution in [1.29, 1.82) is 0 Å². The molecular weight excluding hydrogens is 511 g/mol. The van der Waals surface area contributed by atoms with Gasteiger partial charge < -0.3 is 20.3 Å². The van der Waals surface area contributed by atoms with Crippen molar-refractivity contribution in [2.24, 2.45) is 0 Å². The Kier molecular flexibility index (Phi) is 7.41. The molecule has 0 aliphatic heterocycles. The quantitative estimate of drug-likeness (QED) is 0.283. The molecule has 0 saturated carbocycles. The van der Waals surface area contributed by atoms with Crippen LogP contribution in [0, 0.1) is 5.82 Å². The van der Waals surface area contributed by atoms with Gasteiger partial charge in [-0.15, -0.1) is 5.10 Å². The lowest BCUT2D eigenvalue weighted by Crippen LogP contribution is -2.21. The van der Waals surface area contributed by atoms with Crippen LogP contribution in [0.3, 0.4) is 0 Å². The first-order valence-electron chi connectivity index (χ1n) is 12.5. The molecule has 2 heterocycles. The highest BCUT2D eigenvalue weighted by Gasteiger charge is 2.14. The number of anilines is 3. The highest BCUT2D eigenvalue weighted by Crippen LogP contribution is 2.29. The van der Waals surface area contributed by atoms with Gasteiger partial charge in [-0.1, -0.05) is 24.3 Å². The predicted molar refractivity (Wildman–Crippen MR) is 151 cm³/mol. The van der Waals surface area contributed by atoms with E-state index in [4.69, 9.17) is 4.74 Å². The monoisotopic (exact) mass is 538 g/mol. The molecule has 2 N–H and O–H groups in total. The number of hydrogen-bond acceptors (Lipinski definition) is 6. The summed E-state index contributed by atoms with van der Waals surface area (Å²) in [5.41, 5.74) is 5.04. The van der Waals surface area contributed by atoms with Crippen molar-refractivity contribution in [3.63, 3.8) is 0 Å². The molecule has 0 saturated heterocycles. The van der Waals surface area contributed by atoms with Gasteiger partial charge >= 0.3 is 0 Å². The first-order chi connectivity index (χ1) is 19.3. The molecule has 2 amide bonds. The number of halogens is 1. The molecule has 3 aromatic carbocycles. The normalized spacial score (nSPS) is 10.8. The van der Waals surface area contributed by atoms with E-state index in [2.05, 4.69) is 20.7 Å².